The van der Waals surface area contributed by atoms with E-state index in [0.29, 0.717) is 28.3 Å². The summed E-state index contributed by atoms with van der Waals surface area (Å²) in [5, 5.41) is 14.9. The van der Waals surface area contributed by atoms with Crippen LogP contribution in [0.25, 0.3) is 16.8 Å². The molecule has 1 aromatic carbocycles. The van der Waals surface area contributed by atoms with Crippen LogP contribution in [0.1, 0.15) is 17.7 Å². The summed E-state index contributed by atoms with van der Waals surface area (Å²) in [4.78, 5) is 0. The summed E-state index contributed by atoms with van der Waals surface area (Å²) in [6, 6.07) is 7.95. The molecule has 0 bridgehead atoms. The molecule has 0 saturated carbocycles. The van der Waals surface area contributed by atoms with Gasteiger partial charge < -0.3 is 10.1 Å². The summed E-state index contributed by atoms with van der Waals surface area (Å²) in [7, 11) is 3.05. The first-order chi connectivity index (χ1) is 14.0. The van der Waals surface area contributed by atoms with Crippen LogP contribution in [0.15, 0.2) is 42.9 Å². The second kappa shape index (κ2) is 7.46. The molecule has 4 rings (SSSR count). The first-order valence-electron chi connectivity index (χ1n) is 8.69. The van der Waals surface area contributed by atoms with E-state index in [4.69, 9.17) is 4.74 Å². The van der Waals surface area contributed by atoms with Gasteiger partial charge in [-0.1, -0.05) is 6.07 Å². The number of benzene rings is 1. The van der Waals surface area contributed by atoms with E-state index in [2.05, 4.69) is 20.6 Å². The number of anilines is 1. The van der Waals surface area contributed by atoms with E-state index in [-0.39, 0.29) is 17.8 Å². The van der Waals surface area contributed by atoms with Gasteiger partial charge in [0.15, 0.2) is 5.65 Å². The van der Waals surface area contributed by atoms with Crippen molar-refractivity contribution in [2.45, 2.75) is 13.0 Å². The molecule has 0 saturated heterocycles. The van der Waals surface area contributed by atoms with Gasteiger partial charge in [-0.05, 0) is 24.3 Å². The van der Waals surface area contributed by atoms with Gasteiger partial charge in [-0.15, -0.1) is 10.2 Å². The summed E-state index contributed by atoms with van der Waals surface area (Å²) in [5.74, 6) is 0.595. The predicted molar refractivity (Wildman–Crippen MR) is 100 cm³/mol. The van der Waals surface area contributed by atoms with Crippen LogP contribution in [-0.2, 0) is 13.6 Å². The second-order valence-electron chi connectivity index (χ2n) is 6.33. The van der Waals surface area contributed by atoms with E-state index in [1.807, 2.05) is 0 Å². The number of methoxy groups -OCH3 is 1. The van der Waals surface area contributed by atoms with Gasteiger partial charge in [-0.25, -0.2) is 13.2 Å². The quantitative estimate of drug-likeness (QED) is 0.531. The average Bonchev–Trinajstić information content (AvgIpc) is 3.33. The number of nitrogens with one attached hydrogen (secondary N) is 1. The molecule has 3 aromatic heterocycles. The summed E-state index contributed by atoms with van der Waals surface area (Å²) in [5.41, 5.74) is 1.18. The van der Waals surface area contributed by atoms with Crippen molar-refractivity contribution < 1.29 is 17.9 Å². The van der Waals surface area contributed by atoms with Gasteiger partial charge in [0.1, 0.15) is 29.4 Å². The number of pyridine rings is 1. The second-order valence-corrected chi connectivity index (χ2v) is 6.33. The van der Waals surface area contributed by atoms with Crippen LogP contribution < -0.4 is 10.1 Å². The number of halogens is 3. The Morgan fingerprint density at radius 2 is 2.00 bits per heavy atom. The van der Waals surface area contributed by atoms with Crippen LogP contribution in [0.3, 0.4) is 0 Å². The Bertz CT molecular complexity index is 1170. The van der Waals surface area contributed by atoms with Crippen LogP contribution >= 0.6 is 0 Å². The molecule has 4 aromatic rings. The number of nitrogens with zero attached hydrogens (tertiary/aromatic N) is 5. The number of hydrogen-bond donors (Lipinski definition) is 1. The zero-order chi connectivity index (χ0) is 20.5. The molecule has 0 amide bonds. The van der Waals surface area contributed by atoms with E-state index >= 15 is 0 Å². The fourth-order valence-corrected chi connectivity index (χ4v) is 3.22. The highest BCUT2D eigenvalue weighted by atomic mass is 19.3. The van der Waals surface area contributed by atoms with Crippen molar-refractivity contribution in [3.8, 4) is 16.9 Å². The number of ether oxygens (including phenoxy) is 1. The van der Waals surface area contributed by atoms with E-state index in [9.17, 15) is 13.2 Å². The summed E-state index contributed by atoms with van der Waals surface area (Å²) in [6.45, 7) is 0.150. The number of alkyl halides is 2. The minimum absolute atomic E-state index is 0.150. The average molecular weight is 402 g/mol. The van der Waals surface area contributed by atoms with E-state index in [1.165, 1.54) is 30.4 Å². The lowest BCUT2D eigenvalue weighted by atomic mass is 10.1. The molecule has 29 heavy (non-hydrogen) atoms. The zero-order valence-corrected chi connectivity index (χ0v) is 15.6. The lowest BCUT2D eigenvalue weighted by Crippen LogP contribution is -2.07. The number of aromatic nitrogens is 5. The van der Waals surface area contributed by atoms with Gasteiger partial charge >= 0.3 is 0 Å². The maximum atomic E-state index is 14.2. The first kappa shape index (κ1) is 18.8. The molecule has 150 valence electrons. The molecular weight excluding hydrogens is 385 g/mol. The Kier molecular flexibility index (Phi) is 4.83. The highest BCUT2D eigenvalue weighted by Crippen LogP contribution is 2.33. The molecule has 0 atom stereocenters. The van der Waals surface area contributed by atoms with Gasteiger partial charge in [0.05, 0.1) is 7.11 Å². The van der Waals surface area contributed by atoms with E-state index in [0.717, 1.165) is 0 Å². The van der Waals surface area contributed by atoms with E-state index < -0.39 is 12.2 Å². The van der Waals surface area contributed by atoms with Gasteiger partial charge in [0.2, 0.25) is 0 Å². The molecule has 0 aliphatic heterocycles. The van der Waals surface area contributed by atoms with Crippen LogP contribution in [-0.4, -0.2) is 31.5 Å². The maximum Gasteiger partial charge on any atom is 0.282 e. The van der Waals surface area contributed by atoms with Crippen molar-refractivity contribution in [1.82, 2.24) is 24.4 Å². The third-order valence-corrected chi connectivity index (χ3v) is 4.55. The normalized spacial score (nSPS) is 11.4. The fourth-order valence-electron chi connectivity index (χ4n) is 3.22. The van der Waals surface area contributed by atoms with Crippen LogP contribution in [0.2, 0.25) is 0 Å². The minimum atomic E-state index is -2.72. The molecule has 1 N–H and O–H groups in total. The molecule has 10 heteroatoms. The Morgan fingerprint density at radius 1 is 1.17 bits per heavy atom. The van der Waals surface area contributed by atoms with Gasteiger partial charge in [0, 0.05) is 36.5 Å². The minimum Gasteiger partial charge on any atom is -0.496 e. The van der Waals surface area contributed by atoms with Gasteiger partial charge in [0.25, 0.3) is 6.43 Å². The summed E-state index contributed by atoms with van der Waals surface area (Å²) < 4.78 is 49.1. The third kappa shape index (κ3) is 3.37. The number of aryl methyl sites for hydroxylation is 1. The molecule has 0 spiro atoms. The summed E-state index contributed by atoms with van der Waals surface area (Å²) >= 11 is 0. The molecule has 7 nitrogen and oxygen atoms in total. The highest BCUT2D eigenvalue weighted by Gasteiger charge is 2.22. The lowest BCUT2D eigenvalue weighted by Gasteiger charge is -2.13. The molecular formula is C19H17F3N6O. The Balaban J connectivity index is 1.72. The fraction of sp³-hybridized carbons (Fsp3) is 0.211. The smallest absolute Gasteiger partial charge is 0.282 e. The van der Waals surface area contributed by atoms with Gasteiger partial charge in [-0.2, -0.15) is 5.10 Å². The standard InChI is InChI=1S/C19H17F3N6O/c1-27-9-13(17(26-27)18(21)22)11-6-7-16(28-10-24-25-19(11)28)23-8-12-14(20)4-3-5-15(12)29-2/h3-7,9-10,18,23H,8H2,1-2H3. The van der Waals surface area contributed by atoms with Crippen LogP contribution in [0.4, 0.5) is 19.0 Å². The SMILES string of the molecule is COc1cccc(F)c1CNc1ccc(-c2cn(C)nc2C(F)F)c2nncn12. The Morgan fingerprint density at radius 3 is 2.76 bits per heavy atom. The topological polar surface area (TPSA) is 69.3 Å². The molecule has 0 fully saturated rings. The molecule has 0 unspecified atom stereocenters. The Labute approximate surface area is 163 Å². The largest absolute Gasteiger partial charge is 0.496 e. The number of rotatable bonds is 6. The van der Waals surface area contributed by atoms with Crippen molar-refractivity contribution >= 4 is 11.5 Å². The molecule has 0 radical (unpaired) electrons. The van der Waals surface area contributed by atoms with E-state index in [1.54, 1.807) is 35.7 Å². The molecule has 0 aliphatic carbocycles. The van der Waals surface area contributed by atoms with Crippen LogP contribution in [0.5, 0.6) is 5.75 Å². The van der Waals surface area contributed by atoms with Crippen molar-refractivity contribution in [2.75, 3.05) is 12.4 Å². The number of fused-ring (bicyclic) bond motifs is 1. The predicted octanol–water partition coefficient (Wildman–Crippen LogP) is 3.83. The molecule has 3 heterocycles. The van der Waals surface area contributed by atoms with Crippen molar-refractivity contribution in [3.63, 3.8) is 0 Å². The maximum absolute atomic E-state index is 14.2. The van der Waals surface area contributed by atoms with Crippen molar-refractivity contribution in [2.24, 2.45) is 7.05 Å². The van der Waals surface area contributed by atoms with Crippen LogP contribution in [0, 0.1) is 5.82 Å². The van der Waals surface area contributed by atoms with Gasteiger partial charge in [-0.3, -0.25) is 9.08 Å². The highest BCUT2D eigenvalue weighted by molar-refractivity contribution is 5.80. The lowest BCUT2D eigenvalue weighted by molar-refractivity contribution is 0.146. The monoisotopic (exact) mass is 402 g/mol. The summed E-state index contributed by atoms with van der Waals surface area (Å²) in [6.07, 6.45) is 0.251. The Hall–Kier alpha value is -3.56. The first-order valence-corrected chi connectivity index (χ1v) is 8.69. The van der Waals surface area contributed by atoms with Crippen molar-refractivity contribution in [3.05, 3.63) is 59.9 Å². The molecule has 0 aliphatic rings. The number of hydrogen-bond acceptors (Lipinski definition) is 5. The van der Waals surface area contributed by atoms with Crippen molar-refractivity contribution in [1.29, 1.82) is 0 Å². The third-order valence-electron chi connectivity index (χ3n) is 4.55. The zero-order valence-electron chi connectivity index (χ0n) is 15.6.